The van der Waals surface area contributed by atoms with Crippen molar-refractivity contribution in [2.45, 2.75) is 33.4 Å². The molecule has 0 spiro atoms. The number of carbonyl (C=O) groups is 1. The van der Waals surface area contributed by atoms with Crippen LogP contribution in [-0.4, -0.2) is 58.4 Å². The zero-order valence-electron chi connectivity index (χ0n) is 16.2. The van der Waals surface area contributed by atoms with Gasteiger partial charge in [-0.15, -0.1) is 0 Å². The van der Waals surface area contributed by atoms with E-state index in [2.05, 4.69) is 45.0 Å². The van der Waals surface area contributed by atoms with Crippen LogP contribution in [0.4, 0.5) is 0 Å². The number of carbonyl (C=O) groups excluding carboxylic acids is 1. The zero-order valence-corrected chi connectivity index (χ0v) is 16.2. The van der Waals surface area contributed by atoms with Crippen LogP contribution in [0.25, 0.3) is 0 Å². The van der Waals surface area contributed by atoms with Crippen LogP contribution in [0.5, 0.6) is 0 Å². The fourth-order valence-corrected chi connectivity index (χ4v) is 3.10. The lowest BCUT2D eigenvalue weighted by molar-refractivity contribution is 0.0946. The molecule has 7 heteroatoms. The van der Waals surface area contributed by atoms with Crippen LogP contribution in [-0.2, 0) is 13.1 Å². The van der Waals surface area contributed by atoms with Crippen molar-refractivity contribution in [2.24, 2.45) is 5.92 Å². The Hall–Kier alpha value is -2.25. The van der Waals surface area contributed by atoms with Crippen LogP contribution in [0.15, 0.2) is 35.2 Å². The van der Waals surface area contributed by atoms with Crippen LogP contribution >= 0.6 is 0 Å². The van der Waals surface area contributed by atoms with Gasteiger partial charge in [0.1, 0.15) is 6.26 Å². The maximum Gasteiger partial charge on any atom is 0.273 e. The number of rotatable bonds is 8. The molecule has 0 radical (unpaired) electrons. The summed E-state index contributed by atoms with van der Waals surface area (Å²) < 4.78 is 5.50. The van der Waals surface area contributed by atoms with E-state index in [1.807, 2.05) is 12.3 Å². The first-order chi connectivity index (χ1) is 13.1. The summed E-state index contributed by atoms with van der Waals surface area (Å²) in [6, 6.07) is 4.09. The van der Waals surface area contributed by atoms with Crippen molar-refractivity contribution in [1.82, 2.24) is 25.1 Å². The first kappa shape index (κ1) is 19.5. The van der Waals surface area contributed by atoms with Gasteiger partial charge in [-0.25, -0.2) is 4.98 Å². The number of nitrogens with zero attached hydrogens (tertiary/aromatic N) is 4. The molecule has 2 aromatic heterocycles. The van der Waals surface area contributed by atoms with E-state index in [0.29, 0.717) is 30.6 Å². The van der Waals surface area contributed by atoms with E-state index in [9.17, 15) is 4.79 Å². The van der Waals surface area contributed by atoms with E-state index < -0.39 is 0 Å². The van der Waals surface area contributed by atoms with E-state index >= 15 is 0 Å². The number of pyridine rings is 1. The maximum atomic E-state index is 12.1. The highest BCUT2D eigenvalue weighted by atomic mass is 16.3. The van der Waals surface area contributed by atoms with Gasteiger partial charge in [0.05, 0.1) is 6.54 Å². The summed E-state index contributed by atoms with van der Waals surface area (Å²) >= 11 is 0. The molecule has 0 saturated carbocycles. The highest BCUT2D eigenvalue weighted by Crippen LogP contribution is 2.11. The van der Waals surface area contributed by atoms with E-state index in [1.165, 1.54) is 11.8 Å². The lowest BCUT2D eigenvalue weighted by atomic mass is 10.1. The quantitative estimate of drug-likeness (QED) is 0.767. The predicted octanol–water partition coefficient (Wildman–Crippen LogP) is 2.16. The summed E-state index contributed by atoms with van der Waals surface area (Å²) in [4.78, 5) is 25.3. The Labute approximate surface area is 160 Å². The molecule has 0 atom stereocenters. The minimum Gasteiger partial charge on any atom is -0.447 e. The van der Waals surface area contributed by atoms with Crippen molar-refractivity contribution in [3.05, 3.63) is 47.9 Å². The Bertz CT molecular complexity index is 708. The van der Waals surface area contributed by atoms with Gasteiger partial charge >= 0.3 is 0 Å². The van der Waals surface area contributed by atoms with E-state index in [4.69, 9.17) is 4.42 Å². The molecule has 2 aromatic rings. The standard InChI is InChI=1S/C20H29N5O2/c1-16(2)5-7-22-20(26)18-15-27-19(23-18)14-25-10-8-24(9-11-25)13-17-4-3-6-21-12-17/h3-4,6,12,15-16H,5,7-11,13-14H2,1-2H3,(H,22,26). The molecule has 0 aliphatic carbocycles. The first-order valence-electron chi connectivity index (χ1n) is 9.66. The summed E-state index contributed by atoms with van der Waals surface area (Å²) in [5, 5.41) is 2.89. The lowest BCUT2D eigenvalue weighted by Gasteiger charge is -2.33. The fourth-order valence-electron chi connectivity index (χ4n) is 3.10. The normalized spacial score (nSPS) is 16.0. The van der Waals surface area contributed by atoms with Crippen LogP contribution in [0.3, 0.4) is 0 Å². The van der Waals surface area contributed by atoms with Crippen molar-refractivity contribution < 1.29 is 9.21 Å². The maximum absolute atomic E-state index is 12.1. The summed E-state index contributed by atoms with van der Waals surface area (Å²) in [7, 11) is 0. The van der Waals surface area contributed by atoms with Gasteiger partial charge in [0, 0.05) is 51.7 Å². The molecular formula is C20H29N5O2. The lowest BCUT2D eigenvalue weighted by Crippen LogP contribution is -2.45. The molecule has 3 rings (SSSR count). The average molecular weight is 371 g/mol. The Kier molecular flexibility index (Phi) is 6.95. The van der Waals surface area contributed by atoms with Gasteiger partial charge in [0.2, 0.25) is 5.89 Å². The second-order valence-corrected chi connectivity index (χ2v) is 7.48. The van der Waals surface area contributed by atoms with Gasteiger partial charge in [-0.2, -0.15) is 0 Å². The largest absolute Gasteiger partial charge is 0.447 e. The third-order valence-electron chi connectivity index (χ3n) is 4.74. The number of nitrogens with one attached hydrogen (secondary N) is 1. The second kappa shape index (κ2) is 9.62. The minimum atomic E-state index is -0.160. The Balaban J connectivity index is 1.41. The molecule has 0 bridgehead atoms. The van der Waals surface area contributed by atoms with Crippen molar-refractivity contribution >= 4 is 5.91 Å². The molecule has 1 aliphatic heterocycles. The van der Waals surface area contributed by atoms with E-state index in [-0.39, 0.29) is 5.91 Å². The molecule has 3 heterocycles. The number of hydrogen-bond donors (Lipinski definition) is 1. The van der Waals surface area contributed by atoms with Gasteiger partial charge in [-0.05, 0) is 24.0 Å². The smallest absolute Gasteiger partial charge is 0.273 e. The Morgan fingerprint density at radius 2 is 1.96 bits per heavy atom. The predicted molar refractivity (Wildman–Crippen MR) is 103 cm³/mol. The molecule has 1 aliphatic rings. The Morgan fingerprint density at radius 1 is 1.22 bits per heavy atom. The van der Waals surface area contributed by atoms with Crippen LogP contribution in [0.2, 0.25) is 0 Å². The molecule has 0 aromatic carbocycles. The van der Waals surface area contributed by atoms with Gasteiger partial charge in [0.25, 0.3) is 5.91 Å². The van der Waals surface area contributed by atoms with Gasteiger partial charge in [-0.1, -0.05) is 19.9 Å². The molecule has 1 N–H and O–H groups in total. The SMILES string of the molecule is CC(C)CCNC(=O)c1coc(CN2CCN(Cc3cccnc3)CC2)n1. The molecule has 1 fully saturated rings. The van der Waals surface area contributed by atoms with Gasteiger partial charge in [0.15, 0.2) is 5.69 Å². The summed E-state index contributed by atoms with van der Waals surface area (Å²) in [6.07, 6.45) is 6.14. The third kappa shape index (κ3) is 6.15. The molecule has 27 heavy (non-hydrogen) atoms. The Morgan fingerprint density at radius 3 is 2.63 bits per heavy atom. The minimum absolute atomic E-state index is 0.160. The average Bonchev–Trinajstić information content (AvgIpc) is 3.12. The molecule has 0 unspecified atom stereocenters. The molecule has 146 valence electrons. The van der Waals surface area contributed by atoms with E-state index in [0.717, 1.165) is 39.1 Å². The monoisotopic (exact) mass is 371 g/mol. The van der Waals surface area contributed by atoms with Crippen molar-refractivity contribution in [3.8, 4) is 0 Å². The highest BCUT2D eigenvalue weighted by Gasteiger charge is 2.20. The number of aromatic nitrogens is 2. The fraction of sp³-hybridized carbons (Fsp3) is 0.550. The molecule has 7 nitrogen and oxygen atoms in total. The number of amides is 1. The number of oxazole rings is 1. The molecule has 1 amide bonds. The van der Waals surface area contributed by atoms with Crippen LogP contribution in [0.1, 0.15) is 42.2 Å². The summed E-state index contributed by atoms with van der Waals surface area (Å²) in [6.45, 7) is 10.4. The van der Waals surface area contributed by atoms with Crippen molar-refractivity contribution in [3.63, 3.8) is 0 Å². The molecular weight excluding hydrogens is 342 g/mol. The second-order valence-electron chi connectivity index (χ2n) is 7.48. The highest BCUT2D eigenvalue weighted by molar-refractivity contribution is 5.91. The van der Waals surface area contributed by atoms with Gasteiger partial charge < -0.3 is 9.73 Å². The number of piperazine rings is 1. The van der Waals surface area contributed by atoms with Gasteiger partial charge in [-0.3, -0.25) is 19.6 Å². The van der Waals surface area contributed by atoms with Crippen LogP contribution < -0.4 is 5.32 Å². The van der Waals surface area contributed by atoms with Crippen molar-refractivity contribution in [2.75, 3.05) is 32.7 Å². The first-order valence-corrected chi connectivity index (χ1v) is 9.66. The summed E-state index contributed by atoms with van der Waals surface area (Å²) in [5.74, 6) is 1.01. The molecule has 1 saturated heterocycles. The third-order valence-corrected chi connectivity index (χ3v) is 4.74. The zero-order chi connectivity index (χ0) is 19.1. The van der Waals surface area contributed by atoms with Crippen LogP contribution in [0, 0.1) is 5.92 Å². The van der Waals surface area contributed by atoms with Crippen molar-refractivity contribution in [1.29, 1.82) is 0 Å². The number of hydrogen-bond acceptors (Lipinski definition) is 6. The summed E-state index contributed by atoms with van der Waals surface area (Å²) in [5.41, 5.74) is 1.61. The van der Waals surface area contributed by atoms with E-state index in [1.54, 1.807) is 6.20 Å². The topological polar surface area (TPSA) is 74.5 Å².